The van der Waals surface area contributed by atoms with Crippen molar-refractivity contribution < 1.29 is 14.3 Å². The van der Waals surface area contributed by atoms with E-state index in [1.165, 1.54) is 0 Å². The topological polar surface area (TPSA) is 70.7 Å². The van der Waals surface area contributed by atoms with Gasteiger partial charge in [0.05, 0.1) is 25.2 Å². The van der Waals surface area contributed by atoms with Crippen LogP contribution in [0.4, 0.5) is 0 Å². The van der Waals surface area contributed by atoms with Crippen LogP contribution in [-0.2, 0) is 9.47 Å². The lowest BCUT2D eigenvalue weighted by Gasteiger charge is -2.35. The number of hydrogen-bond acceptors (Lipinski definition) is 5. The van der Waals surface area contributed by atoms with Crippen LogP contribution < -0.4 is 0 Å². The molecule has 2 fully saturated rings. The summed E-state index contributed by atoms with van der Waals surface area (Å²) < 4.78 is 10.9. The van der Waals surface area contributed by atoms with E-state index in [0.29, 0.717) is 18.2 Å². The first-order chi connectivity index (χ1) is 12.3. The van der Waals surface area contributed by atoms with Crippen molar-refractivity contribution in [1.82, 2.24) is 19.8 Å². The predicted octanol–water partition coefficient (Wildman–Crippen LogP) is 1.39. The number of ether oxygens (including phenoxy) is 2. The second-order valence-electron chi connectivity index (χ2n) is 7.09. The number of carbonyl (C=O) groups excluding carboxylic acids is 1. The van der Waals surface area contributed by atoms with Gasteiger partial charge in [0, 0.05) is 33.4 Å². The van der Waals surface area contributed by atoms with E-state index < -0.39 is 0 Å². The lowest BCUT2D eigenvalue weighted by Crippen LogP contribution is -2.44. The molecule has 25 heavy (non-hydrogen) atoms. The fraction of sp³-hybridized carbons (Fsp3) is 0.778. The molecule has 1 atom stereocenters. The highest BCUT2D eigenvalue weighted by Gasteiger charge is 2.28. The Hall–Kier alpha value is -1.44. The van der Waals surface area contributed by atoms with Crippen molar-refractivity contribution in [3.8, 4) is 0 Å². The average Bonchev–Trinajstić information content (AvgIpc) is 3.34. The molecular weight excluding hydrogens is 320 g/mol. The number of nitrogens with zero attached hydrogens (tertiary/aromatic N) is 3. The van der Waals surface area contributed by atoms with Gasteiger partial charge in [0.1, 0.15) is 5.69 Å². The maximum atomic E-state index is 12.8. The van der Waals surface area contributed by atoms with Crippen LogP contribution in [0.15, 0.2) is 12.5 Å². The number of piperidine rings is 1. The Morgan fingerprint density at radius 1 is 1.40 bits per heavy atom. The summed E-state index contributed by atoms with van der Waals surface area (Å²) in [5.41, 5.74) is 0.565. The van der Waals surface area contributed by atoms with Gasteiger partial charge < -0.3 is 24.3 Å². The van der Waals surface area contributed by atoms with E-state index in [1.807, 2.05) is 4.90 Å². The van der Waals surface area contributed by atoms with Crippen LogP contribution in [0.1, 0.15) is 36.2 Å². The molecule has 2 aliphatic rings. The minimum absolute atomic E-state index is 0.0369. The summed E-state index contributed by atoms with van der Waals surface area (Å²) in [6.07, 6.45) is 7.74. The van der Waals surface area contributed by atoms with Gasteiger partial charge in [-0.2, -0.15) is 0 Å². The number of rotatable bonds is 8. The number of nitrogens with one attached hydrogen (secondary N) is 1. The van der Waals surface area contributed by atoms with Crippen LogP contribution >= 0.6 is 0 Å². The van der Waals surface area contributed by atoms with Crippen LogP contribution in [0.2, 0.25) is 0 Å². The third-order valence-electron chi connectivity index (χ3n) is 5.26. The van der Waals surface area contributed by atoms with E-state index in [0.717, 1.165) is 65.1 Å². The fourth-order valence-corrected chi connectivity index (χ4v) is 3.74. The van der Waals surface area contributed by atoms with Crippen molar-refractivity contribution >= 4 is 5.91 Å². The minimum Gasteiger partial charge on any atom is -0.383 e. The first kappa shape index (κ1) is 18.4. The summed E-state index contributed by atoms with van der Waals surface area (Å²) in [5, 5.41) is 0. The molecule has 0 aliphatic carbocycles. The Bertz CT molecular complexity index is 508. The molecule has 0 spiro atoms. The SMILES string of the molecule is COCCN1CCC(CN(CC2CCCO2)C(=O)c2cnc[nH]2)CC1. The van der Waals surface area contributed by atoms with Crippen molar-refractivity contribution in [3.05, 3.63) is 18.2 Å². The molecule has 0 aromatic carbocycles. The Morgan fingerprint density at radius 3 is 2.88 bits per heavy atom. The zero-order chi connectivity index (χ0) is 17.5. The van der Waals surface area contributed by atoms with E-state index in [-0.39, 0.29) is 12.0 Å². The second-order valence-corrected chi connectivity index (χ2v) is 7.09. The van der Waals surface area contributed by atoms with Gasteiger partial charge in [0.25, 0.3) is 5.91 Å². The third-order valence-corrected chi connectivity index (χ3v) is 5.26. The molecule has 0 saturated carbocycles. The average molecular weight is 350 g/mol. The monoisotopic (exact) mass is 350 g/mol. The molecular formula is C18H30N4O3. The number of likely N-dealkylation sites (tertiary alicyclic amines) is 1. The molecule has 0 bridgehead atoms. The van der Waals surface area contributed by atoms with Gasteiger partial charge in [-0.05, 0) is 44.7 Å². The first-order valence-corrected chi connectivity index (χ1v) is 9.37. The summed E-state index contributed by atoms with van der Waals surface area (Å²) in [6.45, 7) is 6.25. The molecule has 7 heteroatoms. The van der Waals surface area contributed by atoms with Crippen molar-refractivity contribution in [2.24, 2.45) is 5.92 Å². The molecule has 7 nitrogen and oxygen atoms in total. The van der Waals surface area contributed by atoms with E-state index in [4.69, 9.17) is 9.47 Å². The molecule has 1 N–H and O–H groups in total. The zero-order valence-electron chi connectivity index (χ0n) is 15.2. The molecule has 3 rings (SSSR count). The second kappa shape index (κ2) is 9.31. The number of carbonyl (C=O) groups is 1. The number of imidazole rings is 1. The van der Waals surface area contributed by atoms with E-state index in [9.17, 15) is 4.79 Å². The largest absolute Gasteiger partial charge is 0.383 e. The number of aromatic amines is 1. The predicted molar refractivity (Wildman–Crippen MR) is 94.5 cm³/mol. The molecule has 3 heterocycles. The van der Waals surface area contributed by atoms with E-state index in [1.54, 1.807) is 19.6 Å². The Labute approximate surface area is 149 Å². The van der Waals surface area contributed by atoms with Crippen molar-refractivity contribution in [3.63, 3.8) is 0 Å². The van der Waals surface area contributed by atoms with Gasteiger partial charge in [0.2, 0.25) is 0 Å². The summed E-state index contributed by atoms with van der Waals surface area (Å²) in [7, 11) is 1.75. The normalized spacial score (nSPS) is 22.4. The van der Waals surface area contributed by atoms with Gasteiger partial charge in [-0.25, -0.2) is 4.98 Å². The molecule has 2 aliphatic heterocycles. The van der Waals surface area contributed by atoms with Crippen molar-refractivity contribution in [1.29, 1.82) is 0 Å². The van der Waals surface area contributed by atoms with E-state index in [2.05, 4.69) is 14.9 Å². The first-order valence-electron chi connectivity index (χ1n) is 9.37. The minimum atomic E-state index is 0.0369. The molecule has 1 aromatic heterocycles. The number of aromatic nitrogens is 2. The molecule has 2 saturated heterocycles. The number of hydrogen-bond donors (Lipinski definition) is 1. The summed E-state index contributed by atoms with van der Waals surface area (Å²) in [6, 6.07) is 0. The molecule has 1 amide bonds. The molecule has 140 valence electrons. The summed E-state index contributed by atoms with van der Waals surface area (Å²) >= 11 is 0. The number of methoxy groups -OCH3 is 1. The molecule has 1 unspecified atom stereocenters. The molecule has 1 aromatic rings. The zero-order valence-corrected chi connectivity index (χ0v) is 15.2. The lowest BCUT2D eigenvalue weighted by atomic mass is 9.96. The standard InChI is InChI=1S/C18H30N4O3/c1-24-10-8-21-6-4-15(5-7-21)12-22(13-16-3-2-9-25-16)18(23)17-11-19-14-20-17/h11,14-16H,2-10,12-13H2,1H3,(H,19,20). The Kier molecular flexibility index (Phi) is 6.84. The van der Waals surface area contributed by atoms with Crippen LogP contribution in [0, 0.1) is 5.92 Å². The Morgan fingerprint density at radius 2 is 2.24 bits per heavy atom. The van der Waals surface area contributed by atoms with Crippen LogP contribution in [0.25, 0.3) is 0 Å². The van der Waals surface area contributed by atoms with Gasteiger partial charge in [-0.1, -0.05) is 0 Å². The fourth-order valence-electron chi connectivity index (χ4n) is 3.74. The number of H-pyrrole nitrogens is 1. The third kappa shape index (κ3) is 5.26. The smallest absolute Gasteiger partial charge is 0.272 e. The van der Waals surface area contributed by atoms with Crippen LogP contribution in [-0.4, -0.2) is 84.8 Å². The highest BCUT2D eigenvalue weighted by molar-refractivity contribution is 5.92. The summed E-state index contributed by atoms with van der Waals surface area (Å²) in [5.74, 6) is 0.585. The number of amides is 1. The highest BCUT2D eigenvalue weighted by Crippen LogP contribution is 2.21. The van der Waals surface area contributed by atoms with Gasteiger partial charge in [-0.15, -0.1) is 0 Å². The molecule has 0 radical (unpaired) electrons. The quantitative estimate of drug-likeness (QED) is 0.767. The van der Waals surface area contributed by atoms with Crippen LogP contribution in [0.5, 0.6) is 0 Å². The van der Waals surface area contributed by atoms with Gasteiger partial charge in [-0.3, -0.25) is 4.79 Å². The van der Waals surface area contributed by atoms with Crippen LogP contribution in [0.3, 0.4) is 0 Å². The van der Waals surface area contributed by atoms with Gasteiger partial charge >= 0.3 is 0 Å². The maximum Gasteiger partial charge on any atom is 0.272 e. The summed E-state index contributed by atoms with van der Waals surface area (Å²) in [4.78, 5) is 24.2. The van der Waals surface area contributed by atoms with E-state index >= 15 is 0 Å². The van der Waals surface area contributed by atoms with Crippen molar-refractivity contribution in [2.45, 2.75) is 31.8 Å². The highest BCUT2D eigenvalue weighted by atomic mass is 16.5. The maximum absolute atomic E-state index is 12.8. The lowest BCUT2D eigenvalue weighted by molar-refractivity contribution is 0.0433. The Balaban J connectivity index is 1.55. The van der Waals surface area contributed by atoms with Gasteiger partial charge in [0.15, 0.2) is 0 Å². The van der Waals surface area contributed by atoms with Crippen molar-refractivity contribution in [2.75, 3.05) is 53.0 Å².